The summed E-state index contributed by atoms with van der Waals surface area (Å²) in [5, 5.41) is 0. The van der Waals surface area contributed by atoms with Gasteiger partial charge in [0.15, 0.2) is 0 Å². The first-order valence-corrected chi connectivity index (χ1v) is 7.12. The van der Waals surface area contributed by atoms with Crippen molar-refractivity contribution in [2.45, 2.75) is 53.0 Å². The summed E-state index contributed by atoms with van der Waals surface area (Å²) in [6, 6.07) is 10.6. The van der Waals surface area contributed by atoms with Crippen LogP contribution in [0.1, 0.15) is 52.0 Å². The lowest BCUT2D eigenvalue weighted by Crippen LogP contribution is -2.25. The van der Waals surface area contributed by atoms with Gasteiger partial charge in [0.1, 0.15) is 0 Å². The Kier molecular flexibility index (Phi) is 4.21. The minimum Gasteiger partial charge on any atom is -0.289 e. The maximum atomic E-state index is 4.79. The summed E-state index contributed by atoms with van der Waals surface area (Å²) < 4.78 is 0. The fraction of sp³-hybridized carbons (Fsp3) is 0.588. The van der Waals surface area contributed by atoms with Gasteiger partial charge in [-0.25, -0.2) is 0 Å². The third kappa shape index (κ3) is 3.69. The molecular formula is C17H25N. The topological polar surface area (TPSA) is 12.4 Å². The molecule has 0 bridgehead atoms. The van der Waals surface area contributed by atoms with E-state index in [4.69, 9.17) is 4.99 Å². The maximum Gasteiger partial charge on any atom is 0.0639 e. The van der Waals surface area contributed by atoms with E-state index >= 15 is 0 Å². The lowest BCUT2D eigenvalue weighted by atomic mass is 9.72. The fourth-order valence-corrected chi connectivity index (χ4v) is 2.76. The van der Waals surface area contributed by atoms with Gasteiger partial charge in [-0.15, -0.1) is 0 Å². The average Bonchev–Trinajstić information content (AvgIpc) is 2.37. The van der Waals surface area contributed by atoms with Gasteiger partial charge in [0.2, 0.25) is 0 Å². The van der Waals surface area contributed by atoms with Gasteiger partial charge in [-0.05, 0) is 42.6 Å². The highest BCUT2D eigenvalue weighted by Gasteiger charge is 2.27. The summed E-state index contributed by atoms with van der Waals surface area (Å²) in [6.45, 7) is 7.95. The van der Waals surface area contributed by atoms with E-state index in [0.29, 0.717) is 5.41 Å². The molecule has 98 valence electrons. The number of aliphatic imine (C=N–C) groups is 1. The van der Waals surface area contributed by atoms with Crippen LogP contribution in [-0.4, -0.2) is 5.71 Å². The van der Waals surface area contributed by atoms with Crippen molar-refractivity contribution in [1.82, 2.24) is 0 Å². The second kappa shape index (κ2) is 5.69. The average molecular weight is 243 g/mol. The molecule has 0 amide bonds. The number of rotatable bonds is 2. The monoisotopic (exact) mass is 243 g/mol. The normalized spacial score (nSPS) is 20.8. The molecule has 2 rings (SSSR count). The van der Waals surface area contributed by atoms with E-state index in [2.05, 4.69) is 51.1 Å². The molecule has 1 aliphatic carbocycles. The second-order valence-electron chi connectivity index (χ2n) is 6.51. The Morgan fingerprint density at radius 3 is 2.22 bits per heavy atom. The van der Waals surface area contributed by atoms with Crippen molar-refractivity contribution in [2.24, 2.45) is 16.3 Å². The van der Waals surface area contributed by atoms with Crippen molar-refractivity contribution < 1.29 is 0 Å². The zero-order valence-electron chi connectivity index (χ0n) is 11.9. The molecule has 18 heavy (non-hydrogen) atoms. The maximum absolute atomic E-state index is 4.79. The van der Waals surface area contributed by atoms with Crippen molar-refractivity contribution in [3.8, 4) is 0 Å². The van der Waals surface area contributed by atoms with Crippen LogP contribution in [0.4, 0.5) is 0 Å². The van der Waals surface area contributed by atoms with E-state index in [1.807, 2.05) is 0 Å². The molecule has 0 aliphatic heterocycles. The molecule has 0 atom stereocenters. The predicted octanol–water partition coefficient (Wildman–Crippen LogP) is 4.86. The number of hydrogen-bond donors (Lipinski definition) is 0. The molecule has 0 unspecified atom stereocenters. The first kappa shape index (κ1) is 13.3. The second-order valence-corrected chi connectivity index (χ2v) is 6.51. The van der Waals surface area contributed by atoms with Crippen molar-refractivity contribution in [3.05, 3.63) is 35.9 Å². The smallest absolute Gasteiger partial charge is 0.0639 e. The molecule has 1 fully saturated rings. The highest BCUT2D eigenvalue weighted by atomic mass is 14.7. The standard InChI is InChI=1S/C17H25N/c1-17(2,3)15-9-11-16(12-10-15)18-13-14-7-5-4-6-8-14/h4-8,15H,9-13H2,1-3H3. The van der Waals surface area contributed by atoms with Crippen molar-refractivity contribution in [2.75, 3.05) is 0 Å². The SMILES string of the molecule is CC(C)(C)C1CCC(=NCc2ccccc2)CC1. The largest absolute Gasteiger partial charge is 0.289 e. The van der Waals surface area contributed by atoms with E-state index in [-0.39, 0.29) is 0 Å². The molecule has 0 heterocycles. The number of hydrogen-bond acceptors (Lipinski definition) is 1. The van der Waals surface area contributed by atoms with E-state index in [1.54, 1.807) is 0 Å². The van der Waals surface area contributed by atoms with Crippen LogP contribution < -0.4 is 0 Å². The molecule has 1 aromatic carbocycles. The van der Waals surface area contributed by atoms with Crippen LogP contribution in [0, 0.1) is 11.3 Å². The Labute approximate surface area is 111 Å². The Morgan fingerprint density at radius 1 is 1.06 bits per heavy atom. The fourth-order valence-electron chi connectivity index (χ4n) is 2.76. The van der Waals surface area contributed by atoms with Crippen LogP contribution in [0.3, 0.4) is 0 Å². The van der Waals surface area contributed by atoms with E-state index in [0.717, 1.165) is 12.5 Å². The molecule has 1 nitrogen and oxygen atoms in total. The molecule has 1 saturated carbocycles. The van der Waals surface area contributed by atoms with Gasteiger partial charge >= 0.3 is 0 Å². The van der Waals surface area contributed by atoms with E-state index in [1.165, 1.54) is 37.0 Å². The lowest BCUT2D eigenvalue weighted by Gasteiger charge is -2.34. The van der Waals surface area contributed by atoms with Crippen molar-refractivity contribution in [3.63, 3.8) is 0 Å². The Morgan fingerprint density at radius 2 is 1.67 bits per heavy atom. The Bertz CT molecular complexity index is 387. The molecular weight excluding hydrogens is 218 g/mol. The Balaban J connectivity index is 1.86. The van der Waals surface area contributed by atoms with E-state index in [9.17, 15) is 0 Å². The molecule has 0 radical (unpaired) electrons. The van der Waals surface area contributed by atoms with Gasteiger partial charge in [-0.3, -0.25) is 4.99 Å². The molecule has 1 heteroatoms. The van der Waals surface area contributed by atoms with Crippen LogP contribution >= 0.6 is 0 Å². The summed E-state index contributed by atoms with van der Waals surface area (Å²) >= 11 is 0. The van der Waals surface area contributed by atoms with Gasteiger partial charge in [0.25, 0.3) is 0 Å². The number of benzene rings is 1. The summed E-state index contributed by atoms with van der Waals surface area (Å²) in [4.78, 5) is 4.79. The van der Waals surface area contributed by atoms with Crippen molar-refractivity contribution in [1.29, 1.82) is 0 Å². The minimum absolute atomic E-state index is 0.463. The summed E-state index contributed by atoms with van der Waals surface area (Å²) in [7, 11) is 0. The summed E-state index contributed by atoms with van der Waals surface area (Å²) in [5.41, 5.74) is 3.22. The first-order valence-electron chi connectivity index (χ1n) is 7.12. The highest BCUT2D eigenvalue weighted by molar-refractivity contribution is 5.85. The van der Waals surface area contributed by atoms with Gasteiger partial charge in [-0.2, -0.15) is 0 Å². The molecule has 1 aliphatic rings. The van der Waals surface area contributed by atoms with Crippen LogP contribution in [-0.2, 0) is 6.54 Å². The minimum atomic E-state index is 0.463. The quantitative estimate of drug-likeness (QED) is 0.703. The Hall–Kier alpha value is -1.11. The van der Waals surface area contributed by atoms with E-state index < -0.39 is 0 Å². The number of nitrogens with zero attached hydrogens (tertiary/aromatic N) is 1. The first-order chi connectivity index (χ1) is 8.55. The molecule has 1 aromatic rings. The molecule has 0 saturated heterocycles. The van der Waals surface area contributed by atoms with Crippen LogP contribution in [0.25, 0.3) is 0 Å². The molecule has 0 N–H and O–H groups in total. The molecule has 0 aromatic heterocycles. The van der Waals surface area contributed by atoms with Gasteiger partial charge in [0.05, 0.1) is 6.54 Å². The van der Waals surface area contributed by atoms with Crippen molar-refractivity contribution >= 4 is 5.71 Å². The highest BCUT2D eigenvalue weighted by Crippen LogP contribution is 2.36. The zero-order valence-corrected chi connectivity index (χ0v) is 11.9. The van der Waals surface area contributed by atoms with Gasteiger partial charge in [0, 0.05) is 5.71 Å². The lowest BCUT2D eigenvalue weighted by molar-refractivity contribution is 0.208. The summed E-state index contributed by atoms with van der Waals surface area (Å²) in [5.74, 6) is 0.869. The third-order valence-electron chi connectivity index (χ3n) is 4.12. The predicted molar refractivity (Wildman–Crippen MR) is 79.0 cm³/mol. The van der Waals surface area contributed by atoms with Crippen LogP contribution in [0.2, 0.25) is 0 Å². The van der Waals surface area contributed by atoms with Crippen LogP contribution in [0.5, 0.6) is 0 Å². The van der Waals surface area contributed by atoms with Gasteiger partial charge < -0.3 is 0 Å². The third-order valence-corrected chi connectivity index (χ3v) is 4.12. The van der Waals surface area contributed by atoms with Gasteiger partial charge in [-0.1, -0.05) is 51.1 Å². The van der Waals surface area contributed by atoms with Crippen LogP contribution in [0.15, 0.2) is 35.3 Å². The summed E-state index contributed by atoms with van der Waals surface area (Å²) in [6.07, 6.45) is 5.04. The zero-order chi connectivity index (χ0) is 13.0. The molecule has 0 spiro atoms.